The van der Waals surface area contributed by atoms with Crippen LogP contribution < -0.4 is 0 Å². The second-order valence-electron chi connectivity index (χ2n) is 5.58. The predicted molar refractivity (Wildman–Crippen MR) is 82.2 cm³/mol. The maximum atomic E-state index is 11.2. The first-order valence-corrected chi connectivity index (χ1v) is 8.27. The molecule has 0 saturated carbocycles. The SMILES string of the molecule is CCCCCCCCC(CCCC)COC(=O)CC#N. The molecule has 1 unspecified atom stereocenters. The molecule has 0 bridgehead atoms. The highest BCUT2D eigenvalue weighted by molar-refractivity contribution is 5.71. The Bertz CT molecular complexity index is 271. The van der Waals surface area contributed by atoms with Crippen LogP contribution >= 0.6 is 0 Å². The molecule has 0 aromatic carbocycles. The van der Waals surface area contributed by atoms with Crippen molar-refractivity contribution >= 4 is 5.97 Å². The van der Waals surface area contributed by atoms with Crippen LogP contribution in [0, 0.1) is 17.2 Å². The van der Waals surface area contributed by atoms with Gasteiger partial charge in [0, 0.05) is 0 Å². The molecule has 0 N–H and O–H groups in total. The van der Waals surface area contributed by atoms with Gasteiger partial charge in [-0.15, -0.1) is 0 Å². The molecule has 116 valence electrons. The minimum absolute atomic E-state index is 0.127. The minimum atomic E-state index is -0.378. The fraction of sp³-hybridized carbons (Fsp3) is 0.882. The monoisotopic (exact) mass is 281 g/mol. The zero-order valence-corrected chi connectivity index (χ0v) is 13.3. The second-order valence-corrected chi connectivity index (χ2v) is 5.58. The second kappa shape index (κ2) is 14.4. The highest BCUT2D eigenvalue weighted by Crippen LogP contribution is 2.18. The molecular formula is C17H31NO2. The summed E-state index contributed by atoms with van der Waals surface area (Å²) in [5.41, 5.74) is 0. The zero-order chi connectivity index (χ0) is 15.1. The van der Waals surface area contributed by atoms with Crippen molar-refractivity contribution in [2.75, 3.05) is 6.61 Å². The average Bonchev–Trinajstić information content (AvgIpc) is 2.45. The van der Waals surface area contributed by atoms with Gasteiger partial charge in [-0.1, -0.05) is 65.2 Å². The molecule has 0 aliphatic rings. The molecular weight excluding hydrogens is 250 g/mol. The number of carbonyl (C=O) groups is 1. The Hall–Kier alpha value is -1.04. The molecule has 0 fully saturated rings. The Kier molecular flexibility index (Phi) is 13.6. The van der Waals surface area contributed by atoms with Gasteiger partial charge < -0.3 is 4.74 Å². The standard InChI is InChI=1S/C17H31NO2/c1-3-5-7-8-9-10-12-16(11-6-4-2)15-20-17(19)13-14-18/h16H,3-13,15H2,1-2H3. The van der Waals surface area contributed by atoms with Crippen molar-refractivity contribution in [3.8, 4) is 6.07 Å². The molecule has 0 heterocycles. The van der Waals surface area contributed by atoms with Gasteiger partial charge in [-0.05, 0) is 18.8 Å². The van der Waals surface area contributed by atoms with Crippen molar-refractivity contribution in [3.63, 3.8) is 0 Å². The molecule has 0 saturated heterocycles. The van der Waals surface area contributed by atoms with Crippen LogP contribution in [0.1, 0.15) is 84.5 Å². The lowest BCUT2D eigenvalue weighted by Crippen LogP contribution is -2.14. The molecule has 3 nitrogen and oxygen atoms in total. The Balaban J connectivity index is 3.78. The first-order valence-electron chi connectivity index (χ1n) is 8.27. The molecule has 0 spiro atoms. The number of unbranched alkanes of at least 4 members (excludes halogenated alkanes) is 6. The molecule has 0 rings (SSSR count). The molecule has 1 atom stereocenters. The van der Waals surface area contributed by atoms with Crippen LogP contribution in [0.4, 0.5) is 0 Å². The van der Waals surface area contributed by atoms with E-state index in [0.29, 0.717) is 12.5 Å². The van der Waals surface area contributed by atoms with Gasteiger partial charge in [-0.3, -0.25) is 4.79 Å². The van der Waals surface area contributed by atoms with E-state index in [4.69, 9.17) is 10.00 Å². The van der Waals surface area contributed by atoms with Crippen molar-refractivity contribution in [1.82, 2.24) is 0 Å². The quantitative estimate of drug-likeness (QED) is 0.352. The van der Waals surface area contributed by atoms with Gasteiger partial charge >= 0.3 is 5.97 Å². The Labute approximate surface area is 124 Å². The van der Waals surface area contributed by atoms with E-state index >= 15 is 0 Å². The van der Waals surface area contributed by atoms with Crippen LogP contribution in [0.25, 0.3) is 0 Å². The molecule has 0 aliphatic carbocycles. The summed E-state index contributed by atoms with van der Waals surface area (Å²) >= 11 is 0. The molecule has 20 heavy (non-hydrogen) atoms. The van der Waals surface area contributed by atoms with Crippen LogP contribution in [0.3, 0.4) is 0 Å². The Morgan fingerprint density at radius 3 is 2.25 bits per heavy atom. The number of carbonyl (C=O) groups excluding carboxylic acids is 1. The fourth-order valence-electron chi connectivity index (χ4n) is 2.34. The van der Waals surface area contributed by atoms with Crippen LogP contribution in [0.2, 0.25) is 0 Å². The van der Waals surface area contributed by atoms with Gasteiger partial charge in [0.15, 0.2) is 0 Å². The van der Waals surface area contributed by atoms with Crippen LogP contribution in [-0.2, 0) is 9.53 Å². The zero-order valence-electron chi connectivity index (χ0n) is 13.3. The minimum Gasteiger partial charge on any atom is -0.465 e. The number of nitriles is 1. The van der Waals surface area contributed by atoms with Crippen molar-refractivity contribution in [1.29, 1.82) is 5.26 Å². The normalized spacial score (nSPS) is 11.8. The van der Waals surface area contributed by atoms with E-state index in [0.717, 1.165) is 12.8 Å². The lowest BCUT2D eigenvalue weighted by Gasteiger charge is -2.16. The van der Waals surface area contributed by atoms with Gasteiger partial charge in [-0.2, -0.15) is 5.26 Å². The highest BCUT2D eigenvalue weighted by Gasteiger charge is 2.11. The molecule has 0 aromatic heterocycles. The van der Waals surface area contributed by atoms with Crippen molar-refractivity contribution in [2.24, 2.45) is 5.92 Å². The van der Waals surface area contributed by atoms with Gasteiger partial charge in [-0.25, -0.2) is 0 Å². The maximum Gasteiger partial charge on any atom is 0.320 e. The first kappa shape index (κ1) is 19.0. The van der Waals surface area contributed by atoms with Gasteiger partial charge in [0.2, 0.25) is 0 Å². The summed E-state index contributed by atoms with van der Waals surface area (Å²) < 4.78 is 5.18. The molecule has 0 aliphatic heterocycles. The van der Waals surface area contributed by atoms with Gasteiger partial charge in [0.1, 0.15) is 6.42 Å². The summed E-state index contributed by atoms with van der Waals surface area (Å²) in [5, 5.41) is 8.44. The van der Waals surface area contributed by atoms with E-state index in [-0.39, 0.29) is 12.4 Å². The largest absolute Gasteiger partial charge is 0.465 e. The summed E-state index contributed by atoms with van der Waals surface area (Å²) in [4.78, 5) is 11.2. The smallest absolute Gasteiger partial charge is 0.320 e. The lowest BCUT2D eigenvalue weighted by atomic mass is 9.96. The maximum absolute atomic E-state index is 11.2. The third-order valence-corrected chi connectivity index (χ3v) is 3.64. The first-order chi connectivity index (χ1) is 9.74. The van der Waals surface area contributed by atoms with Crippen LogP contribution in [0.15, 0.2) is 0 Å². The average molecular weight is 281 g/mol. The van der Waals surface area contributed by atoms with Gasteiger partial charge in [0.25, 0.3) is 0 Å². The molecule has 0 aromatic rings. The lowest BCUT2D eigenvalue weighted by molar-refractivity contribution is -0.144. The summed E-state index contributed by atoms with van der Waals surface area (Å²) in [6, 6.07) is 1.83. The third kappa shape index (κ3) is 12.0. The van der Waals surface area contributed by atoms with E-state index in [1.807, 2.05) is 6.07 Å². The number of rotatable bonds is 13. The summed E-state index contributed by atoms with van der Waals surface area (Å²) in [6.07, 6.45) is 12.3. The number of esters is 1. The predicted octanol–water partition coefficient (Wildman–Crippen LogP) is 5.00. The summed E-state index contributed by atoms with van der Waals surface area (Å²) in [5.74, 6) is 0.0979. The van der Waals surface area contributed by atoms with Crippen molar-refractivity contribution < 1.29 is 9.53 Å². The van der Waals surface area contributed by atoms with Crippen molar-refractivity contribution in [2.45, 2.75) is 84.5 Å². The summed E-state index contributed by atoms with van der Waals surface area (Å²) in [7, 11) is 0. The fourth-order valence-corrected chi connectivity index (χ4v) is 2.34. The van der Waals surface area contributed by atoms with Crippen molar-refractivity contribution in [3.05, 3.63) is 0 Å². The molecule has 0 amide bonds. The van der Waals surface area contributed by atoms with Gasteiger partial charge in [0.05, 0.1) is 12.7 Å². The Morgan fingerprint density at radius 1 is 1.00 bits per heavy atom. The number of ether oxygens (including phenoxy) is 1. The van der Waals surface area contributed by atoms with Crippen LogP contribution in [-0.4, -0.2) is 12.6 Å². The van der Waals surface area contributed by atoms with E-state index in [2.05, 4.69) is 13.8 Å². The number of nitrogens with zero attached hydrogens (tertiary/aromatic N) is 1. The van der Waals surface area contributed by atoms with E-state index in [1.54, 1.807) is 0 Å². The van der Waals surface area contributed by atoms with E-state index in [9.17, 15) is 4.79 Å². The number of hydrogen-bond donors (Lipinski definition) is 0. The molecule has 3 heteroatoms. The highest BCUT2D eigenvalue weighted by atomic mass is 16.5. The Morgan fingerprint density at radius 2 is 1.60 bits per heavy atom. The van der Waals surface area contributed by atoms with Crippen LogP contribution in [0.5, 0.6) is 0 Å². The third-order valence-electron chi connectivity index (χ3n) is 3.64. The summed E-state index contributed by atoms with van der Waals surface area (Å²) in [6.45, 7) is 4.91. The molecule has 0 radical (unpaired) electrons. The van der Waals surface area contributed by atoms with E-state index in [1.165, 1.54) is 51.4 Å². The number of hydrogen-bond acceptors (Lipinski definition) is 3. The van der Waals surface area contributed by atoms with E-state index < -0.39 is 0 Å². The topological polar surface area (TPSA) is 50.1 Å².